The van der Waals surface area contributed by atoms with Crippen molar-refractivity contribution >= 4 is 23.3 Å². The number of amides is 2. The molecule has 2 rings (SSSR count). The first kappa shape index (κ1) is 15.2. The summed E-state index contributed by atoms with van der Waals surface area (Å²) in [4.78, 5) is 36.6. The fourth-order valence-electron chi connectivity index (χ4n) is 2.24. The van der Waals surface area contributed by atoms with E-state index in [-0.39, 0.29) is 23.8 Å². The van der Waals surface area contributed by atoms with Crippen molar-refractivity contribution in [3.05, 3.63) is 29.1 Å². The van der Waals surface area contributed by atoms with Crippen LogP contribution in [0.1, 0.15) is 36.2 Å². The summed E-state index contributed by atoms with van der Waals surface area (Å²) < 4.78 is 14.0. The van der Waals surface area contributed by atoms with Gasteiger partial charge in [-0.15, -0.1) is 0 Å². The third-order valence-electron chi connectivity index (χ3n) is 3.48. The lowest BCUT2D eigenvalue weighted by Crippen LogP contribution is -2.43. The first-order valence-corrected chi connectivity index (χ1v) is 6.80. The summed E-state index contributed by atoms with van der Waals surface area (Å²) in [6.07, 6.45) is 0.739. The summed E-state index contributed by atoms with van der Waals surface area (Å²) in [7, 11) is 0. The summed E-state index contributed by atoms with van der Waals surface area (Å²) >= 11 is 0. The fraction of sp³-hybridized carbons (Fsp3) is 0.400. The van der Waals surface area contributed by atoms with Crippen LogP contribution in [-0.2, 0) is 9.59 Å². The molecule has 112 valence electrons. The van der Waals surface area contributed by atoms with Crippen LogP contribution in [0.4, 0.5) is 10.1 Å². The van der Waals surface area contributed by atoms with Crippen molar-refractivity contribution in [2.24, 2.45) is 0 Å². The van der Waals surface area contributed by atoms with Gasteiger partial charge in [-0.2, -0.15) is 0 Å². The second-order valence-corrected chi connectivity index (χ2v) is 5.24. The van der Waals surface area contributed by atoms with Gasteiger partial charge in [-0.25, -0.2) is 4.39 Å². The lowest BCUT2D eigenvalue weighted by atomic mass is 10.1. The lowest BCUT2D eigenvalue weighted by Gasteiger charge is -2.18. The molecule has 5 nitrogen and oxygen atoms in total. The number of Topliss-reactive ketones (excluding diaryl/α,β-unsaturated/α-hetero) is 1. The van der Waals surface area contributed by atoms with Crippen molar-refractivity contribution in [2.75, 3.05) is 11.4 Å². The second kappa shape index (κ2) is 5.63. The number of hydrogen-bond acceptors (Lipinski definition) is 3. The monoisotopic (exact) mass is 292 g/mol. The summed E-state index contributed by atoms with van der Waals surface area (Å²) in [5.41, 5.74) is 0.474. The minimum Gasteiger partial charge on any atom is -0.352 e. The molecule has 1 heterocycles. The minimum atomic E-state index is -0.867. The van der Waals surface area contributed by atoms with Crippen molar-refractivity contribution in [3.63, 3.8) is 0 Å². The van der Waals surface area contributed by atoms with Gasteiger partial charge >= 0.3 is 0 Å². The zero-order valence-electron chi connectivity index (χ0n) is 12.2. The fourth-order valence-corrected chi connectivity index (χ4v) is 2.24. The predicted octanol–water partition coefficient (Wildman–Crippen LogP) is 1.58. The zero-order chi connectivity index (χ0) is 15.7. The van der Waals surface area contributed by atoms with Gasteiger partial charge in [0.2, 0.25) is 5.91 Å². The van der Waals surface area contributed by atoms with Gasteiger partial charge in [0.25, 0.3) is 11.7 Å². The van der Waals surface area contributed by atoms with Gasteiger partial charge in [-0.05, 0) is 38.0 Å². The number of carbonyl (C=O) groups is 3. The van der Waals surface area contributed by atoms with Gasteiger partial charge in [0, 0.05) is 6.04 Å². The van der Waals surface area contributed by atoms with Crippen LogP contribution in [0.3, 0.4) is 0 Å². The molecular formula is C15H17FN2O3. The smallest absolute Gasteiger partial charge is 0.300 e. The molecule has 0 bridgehead atoms. The van der Waals surface area contributed by atoms with E-state index in [1.807, 2.05) is 13.8 Å². The third kappa shape index (κ3) is 2.79. The molecule has 0 saturated carbocycles. The van der Waals surface area contributed by atoms with Crippen LogP contribution in [0.2, 0.25) is 0 Å². The summed E-state index contributed by atoms with van der Waals surface area (Å²) in [5.74, 6) is -2.73. The molecule has 21 heavy (non-hydrogen) atoms. The number of aryl methyl sites for hydroxylation is 1. The molecule has 1 aliphatic rings. The second-order valence-electron chi connectivity index (χ2n) is 5.24. The summed E-state index contributed by atoms with van der Waals surface area (Å²) in [6, 6.07) is 2.66. The Labute approximate surface area is 122 Å². The van der Waals surface area contributed by atoms with Crippen molar-refractivity contribution in [3.8, 4) is 0 Å². The molecule has 1 atom stereocenters. The number of rotatable bonds is 4. The van der Waals surface area contributed by atoms with E-state index in [9.17, 15) is 18.8 Å². The Hall–Kier alpha value is -2.24. The Balaban J connectivity index is 2.29. The van der Waals surface area contributed by atoms with Gasteiger partial charge in [0.15, 0.2) is 0 Å². The third-order valence-corrected chi connectivity index (χ3v) is 3.48. The Bertz CT molecular complexity index is 628. The zero-order valence-corrected chi connectivity index (χ0v) is 12.2. The molecule has 1 aromatic carbocycles. The number of hydrogen-bond donors (Lipinski definition) is 1. The van der Waals surface area contributed by atoms with Crippen molar-refractivity contribution in [1.29, 1.82) is 0 Å². The standard InChI is InChI=1S/C15H17FN2O3/c1-4-9(3)17-12(19)7-18-13-10(14(20)15(18)21)5-8(2)6-11(13)16/h5-6,9H,4,7H2,1-3H3,(H,17,19). The molecule has 1 aliphatic heterocycles. The molecule has 0 saturated heterocycles. The van der Waals surface area contributed by atoms with Crippen LogP contribution in [-0.4, -0.2) is 30.2 Å². The molecule has 0 aliphatic carbocycles. The molecule has 6 heteroatoms. The number of benzene rings is 1. The van der Waals surface area contributed by atoms with Crippen LogP contribution >= 0.6 is 0 Å². The molecule has 1 N–H and O–H groups in total. The van der Waals surface area contributed by atoms with Crippen LogP contribution in [0.25, 0.3) is 0 Å². The highest BCUT2D eigenvalue weighted by Crippen LogP contribution is 2.32. The van der Waals surface area contributed by atoms with E-state index in [4.69, 9.17) is 0 Å². The highest BCUT2D eigenvalue weighted by atomic mass is 19.1. The maximum atomic E-state index is 14.0. The van der Waals surface area contributed by atoms with Gasteiger partial charge in [-0.1, -0.05) is 6.92 Å². The average molecular weight is 292 g/mol. The molecule has 0 fully saturated rings. The Kier molecular flexibility index (Phi) is 4.06. The number of nitrogens with zero attached hydrogens (tertiary/aromatic N) is 1. The van der Waals surface area contributed by atoms with E-state index in [0.29, 0.717) is 5.56 Å². The maximum absolute atomic E-state index is 14.0. The van der Waals surface area contributed by atoms with E-state index < -0.39 is 23.4 Å². The van der Waals surface area contributed by atoms with Crippen LogP contribution in [0.15, 0.2) is 12.1 Å². The largest absolute Gasteiger partial charge is 0.352 e. The summed E-state index contributed by atoms with van der Waals surface area (Å²) in [5, 5.41) is 2.69. The Morgan fingerprint density at radius 2 is 2.05 bits per heavy atom. The molecule has 0 aromatic heterocycles. The Morgan fingerprint density at radius 1 is 1.38 bits per heavy atom. The highest BCUT2D eigenvalue weighted by Gasteiger charge is 2.39. The molecular weight excluding hydrogens is 275 g/mol. The molecule has 0 spiro atoms. The number of anilines is 1. The number of halogens is 1. The van der Waals surface area contributed by atoms with Gasteiger partial charge in [0.1, 0.15) is 12.4 Å². The van der Waals surface area contributed by atoms with E-state index in [1.165, 1.54) is 12.1 Å². The van der Waals surface area contributed by atoms with Crippen LogP contribution in [0.5, 0.6) is 0 Å². The Morgan fingerprint density at radius 3 is 2.67 bits per heavy atom. The predicted molar refractivity (Wildman–Crippen MR) is 75.7 cm³/mol. The lowest BCUT2D eigenvalue weighted by molar-refractivity contribution is -0.122. The van der Waals surface area contributed by atoms with E-state index >= 15 is 0 Å². The van der Waals surface area contributed by atoms with Gasteiger partial charge < -0.3 is 5.32 Å². The first-order valence-electron chi connectivity index (χ1n) is 6.80. The molecule has 1 aromatic rings. The number of fused-ring (bicyclic) bond motifs is 1. The number of ketones is 1. The van der Waals surface area contributed by atoms with Crippen LogP contribution in [0, 0.1) is 12.7 Å². The van der Waals surface area contributed by atoms with Crippen molar-refractivity contribution in [2.45, 2.75) is 33.2 Å². The van der Waals surface area contributed by atoms with Crippen LogP contribution < -0.4 is 10.2 Å². The minimum absolute atomic E-state index is 0.0221. The average Bonchev–Trinajstić information content (AvgIpc) is 2.64. The quantitative estimate of drug-likeness (QED) is 0.857. The first-order chi connectivity index (χ1) is 9.85. The number of nitrogens with one attached hydrogen (secondary N) is 1. The van der Waals surface area contributed by atoms with Crippen molar-refractivity contribution in [1.82, 2.24) is 5.32 Å². The normalized spacial score (nSPS) is 15.1. The number of carbonyl (C=O) groups excluding carboxylic acids is 3. The highest BCUT2D eigenvalue weighted by molar-refractivity contribution is 6.52. The molecule has 2 amide bonds. The summed E-state index contributed by atoms with van der Waals surface area (Å²) in [6.45, 7) is 5.02. The molecule has 0 radical (unpaired) electrons. The van der Waals surface area contributed by atoms with Gasteiger partial charge in [-0.3, -0.25) is 19.3 Å². The van der Waals surface area contributed by atoms with E-state index in [1.54, 1.807) is 6.92 Å². The topological polar surface area (TPSA) is 66.5 Å². The van der Waals surface area contributed by atoms with Crippen molar-refractivity contribution < 1.29 is 18.8 Å². The SMILES string of the molecule is CCC(C)NC(=O)CN1C(=O)C(=O)c2cc(C)cc(F)c21. The maximum Gasteiger partial charge on any atom is 0.300 e. The van der Waals surface area contributed by atoms with E-state index in [2.05, 4.69) is 5.32 Å². The molecule has 1 unspecified atom stereocenters. The van der Waals surface area contributed by atoms with E-state index in [0.717, 1.165) is 11.3 Å². The van der Waals surface area contributed by atoms with Gasteiger partial charge in [0.05, 0.1) is 11.3 Å².